The molecule has 37 heavy (non-hydrogen) atoms. The molecule has 1 aliphatic heterocycles. The fourth-order valence-corrected chi connectivity index (χ4v) is 4.17. The van der Waals surface area contributed by atoms with Crippen LogP contribution in [0.15, 0.2) is 64.9 Å². The van der Waals surface area contributed by atoms with E-state index in [1.54, 1.807) is 43.5 Å². The molecule has 0 bridgehead atoms. The van der Waals surface area contributed by atoms with Gasteiger partial charge in [-0.05, 0) is 56.3 Å². The van der Waals surface area contributed by atoms with Crippen molar-refractivity contribution < 1.29 is 33.0 Å². The van der Waals surface area contributed by atoms with E-state index in [0.29, 0.717) is 40.7 Å². The second kappa shape index (κ2) is 10.7. The van der Waals surface area contributed by atoms with E-state index in [1.165, 1.54) is 26.6 Å². The molecule has 9 heteroatoms. The molecule has 3 aromatic rings. The third kappa shape index (κ3) is 5.88. The lowest BCUT2D eigenvalue weighted by Crippen LogP contribution is -2.43. The van der Waals surface area contributed by atoms with Gasteiger partial charge in [-0.25, -0.2) is 0 Å². The lowest BCUT2D eigenvalue weighted by molar-refractivity contribution is -0.119. The van der Waals surface area contributed by atoms with E-state index in [9.17, 15) is 9.59 Å². The predicted octanol–water partition coefficient (Wildman–Crippen LogP) is 4.49. The number of fused-ring (bicyclic) bond motifs is 1. The van der Waals surface area contributed by atoms with Gasteiger partial charge in [-0.15, -0.1) is 0 Å². The highest BCUT2D eigenvalue weighted by Gasteiger charge is 2.35. The van der Waals surface area contributed by atoms with Gasteiger partial charge >= 0.3 is 0 Å². The number of carbonyl (C=O) groups excluding carboxylic acids is 2. The first kappa shape index (κ1) is 25.7. The van der Waals surface area contributed by atoms with Crippen LogP contribution in [0.1, 0.15) is 48.0 Å². The number of carbonyl (C=O) groups is 2. The van der Waals surface area contributed by atoms with E-state index in [2.05, 4.69) is 10.6 Å². The molecule has 1 aliphatic rings. The summed E-state index contributed by atoms with van der Waals surface area (Å²) in [5.41, 5.74) is 0.594. The van der Waals surface area contributed by atoms with E-state index in [4.69, 9.17) is 23.4 Å². The van der Waals surface area contributed by atoms with Crippen molar-refractivity contribution in [3.63, 3.8) is 0 Å². The third-order valence-electron chi connectivity index (χ3n) is 5.95. The molecule has 2 N–H and O–H groups in total. The van der Waals surface area contributed by atoms with Crippen molar-refractivity contribution in [2.45, 2.75) is 31.9 Å². The Hall–Kier alpha value is -4.40. The first-order valence-corrected chi connectivity index (χ1v) is 11.7. The molecule has 0 radical (unpaired) electrons. The Morgan fingerprint density at radius 1 is 1.00 bits per heavy atom. The van der Waals surface area contributed by atoms with Crippen LogP contribution in [0.25, 0.3) is 6.08 Å². The van der Waals surface area contributed by atoms with Crippen LogP contribution in [0.4, 0.5) is 0 Å². The molecule has 0 aliphatic carbocycles. The standard InChI is InChI=1S/C28H30N2O7/c1-28(2)16-22(20-10-9-18(33-3)15-24(20)37-28)30-27(32)21(14-19-7-6-12-36-19)29-26(31)17-8-11-23(34-4)25(13-17)35-5/h6-15,22H,16H2,1-5H3,(H,29,31)(H,30,32)/b21-14-/t22-/m0/s1. The van der Waals surface area contributed by atoms with Gasteiger partial charge < -0.3 is 34.0 Å². The summed E-state index contributed by atoms with van der Waals surface area (Å²) in [5.74, 6) is 1.61. The SMILES string of the molecule is COc1ccc2c(c1)OC(C)(C)C[C@@H]2NC(=O)/C(=C/c1ccco1)NC(=O)c1ccc(OC)c(OC)c1. The highest BCUT2D eigenvalue weighted by molar-refractivity contribution is 6.05. The first-order chi connectivity index (χ1) is 17.7. The molecule has 0 saturated heterocycles. The third-order valence-corrected chi connectivity index (χ3v) is 5.95. The van der Waals surface area contributed by atoms with Crippen molar-refractivity contribution in [1.82, 2.24) is 10.6 Å². The summed E-state index contributed by atoms with van der Waals surface area (Å²) in [7, 11) is 4.58. The summed E-state index contributed by atoms with van der Waals surface area (Å²) in [6.45, 7) is 3.90. The molecule has 0 fully saturated rings. The van der Waals surface area contributed by atoms with Crippen molar-refractivity contribution in [2.75, 3.05) is 21.3 Å². The Balaban J connectivity index is 1.62. The van der Waals surface area contributed by atoms with Crippen LogP contribution in [0.3, 0.4) is 0 Å². The average Bonchev–Trinajstić information content (AvgIpc) is 3.39. The second-order valence-corrected chi connectivity index (χ2v) is 9.09. The van der Waals surface area contributed by atoms with E-state index in [-0.39, 0.29) is 11.7 Å². The van der Waals surface area contributed by atoms with E-state index in [0.717, 1.165) is 5.56 Å². The molecule has 0 spiro atoms. The maximum Gasteiger partial charge on any atom is 0.268 e. The van der Waals surface area contributed by atoms with Crippen molar-refractivity contribution >= 4 is 17.9 Å². The molecule has 0 saturated carbocycles. The number of hydrogen-bond acceptors (Lipinski definition) is 7. The monoisotopic (exact) mass is 506 g/mol. The highest BCUT2D eigenvalue weighted by Crippen LogP contribution is 2.41. The molecular formula is C28H30N2O7. The van der Waals surface area contributed by atoms with Crippen LogP contribution in [0, 0.1) is 0 Å². The lowest BCUT2D eigenvalue weighted by atomic mass is 9.89. The number of ether oxygens (including phenoxy) is 4. The predicted molar refractivity (Wildman–Crippen MR) is 137 cm³/mol. The van der Waals surface area contributed by atoms with E-state index >= 15 is 0 Å². The lowest BCUT2D eigenvalue weighted by Gasteiger charge is -2.38. The number of methoxy groups -OCH3 is 3. The summed E-state index contributed by atoms with van der Waals surface area (Å²) in [6, 6.07) is 13.3. The van der Waals surface area contributed by atoms with Crippen molar-refractivity contribution in [1.29, 1.82) is 0 Å². The Morgan fingerprint density at radius 3 is 2.46 bits per heavy atom. The van der Waals surface area contributed by atoms with Gasteiger partial charge in [0.25, 0.3) is 11.8 Å². The van der Waals surface area contributed by atoms with Crippen molar-refractivity contribution in [3.8, 4) is 23.0 Å². The van der Waals surface area contributed by atoms with Crippen LogP contribution >= 0.6 is 0 Å². The molecule has 2 amide bonds. The number of furan rings is 1. The Morgan fingerprint density at radius 2 is 1.78 bits per heavy atom. The quantitative estimate of drug-likeness (QED) is 0.433. The average molecular weight is 507 g/mol. The number of nitrogens with one attached hydrogen (secondary N) is 2. The van der Waals surface area contributed by atoms with Gasteiger partial charge in [0, 0.05) is 29.7 Å². The minimum atomic E-state index is -0.537. The van der Waals surface area contributed by atoms with Gasteiger partial charge in [0.1, 0.15) is 28.6 Å². The fourth-order valence-electron chi connectivity index (χ4n) is 4.17. The van der Waals surface area contributed by atoms with Crippen molar-refractivity contribution in [2.24, 2.45) is 0 Å². The summed E-state index contributed by atoms with van der Waals surface area (Å²) < 4.78 is 27.4. The number of rotatable bonds is 8. The summed E-state index contributed by atoms with van der Waals surface area (Å²) >= 11 is 0. The Bertz CT molecular complexity index is 1310. The maximum atomic E-state index is 13.5. The van der Waals surface area contributed by atoms with Gasteiger partial charge in [0.15, 0.2) is 11.5 Å². The molecule has 194 valence electrons. The molecule has 2 aromatic carbocycles. The van der Waals surface area contributed by atoms with Gasteiger partial charge in [0.05, 0.1) is 33.6 Å². The summed E-state index contributed by atoms with van der Waals surface area (Å²) in [5, 5.41) is 5.76. The Kier molecular flexibility index (Phi) is 7.42. The normalized spacial score (nSPS) is 16.1. The van der Waals surface area contributed by atoms with Crippen LogP contribution in [0.5, 0.6) is 23.0 Å². The highest BCUT2D eigenvalue weighted by atomic mass is 16.5. The zero-order valence-corrected chi connectivity index (χ0v) is 21.4. The van der Waals surface area contributed by atoms with E-state index < -0.39 is 17.4 Å². The minimum Gasteiger partial charge on any atom is -0.497 e. The maximum absolute atomic E-state index is 13.5. The van der Waals surface area contributed by atoms with Gasteiger partial charge in [0.2, 0.25) is 0 Å². The topological polar surface area (TPSA) is 108 Å². The number of benzene rings is 2. The molecule has 2 heterocycles. The largest absolute Gasteiger partial charge is 0.497 e. The van der Waals surface area contributed by atoms with Crippen molar-refractivity contribution in [3.05, 3.63) is 77.4 Å². The molecule has 1 aromatic heterocycles. The fraction of sp³-hybridized carbons (Fsp3) is 0.286. The Labute approximate surface area is 215 Å². The van der Waals surface area contributed by atoms with E-state index in [1.807, 2.05) is 26.0 Å². The molecule has 4 rings (SSSR count). The second-order valence-electron chi connectivity index (χ2n) is 9.09. The summed E-state index contributed by atoms with van der Waals surface area (Å²) in [6.07, 6.45) is 3.49. The van der Waals surface area contributed by atoms with Gasteiger partial charge in [-0.2, -0.15) is 0 Å². The van der Waals surface area contributed by atoms with Gasteiger partial charge in [-0.1, -0.05) is 0 Å². The van der Waals surface area contributed by atoms with Gasteiger partial charge in [-0.3, -0.25) is 9.59 Å². The van der Waals surface area contributed by atoms with Crippen LogP contribution in [0.2, 0.25) is 0 Å². The van der Waals surface area contributed by atoms with Crippen LogP contribution in [-0.2, 0) is 4.79 Å². The number of amides is 2. The molecular weight excluding hydrogens is 476 g/mol. The molecule has 9 nitrogen and oxygen atoms in total. The van der Waals surface area contributed by atoms with Crippen LogP contribution in [-0.4, -0.2) is 38.7 Å². The zero-order valence-electron chi connectivity index (χ0n) is 21.4. The first-order valence-electron chi connectivity index (χ1n) is 11.7. The summed E-state index contributed by atoms with van der Waals surface area (Å²) in [4.78, 5) is 26.7. The zero-order chi connectivity index (χ0) is 26.6. The van der Waals surface area contributed by atoms with Crippen LogP contribution < -0.4 is 29.6 Å². The smallest absolute Gasteiger partial charge is 0.268 e. The molecule has 0 unspecified atom stereocenters. The molecule has 1 atom stereocenters. The number of hydrogen-bond donors (Lipinski definition) is 2. The minimum absolute atomic E-state index is 0.0223.